The molecule has 0 saturated carbocycles. The number of ether oxygens (including phenoxy) is 2. The minimum atomic E-state index is 0.328. The molecule has 1 aliphatic rings. The van der Waals surface area contributed by atoms with Crippen molar-refractivity contribution in [1.82, 2.24) is 0 Å². The number of benzene rings is 1. The molecule has 0 aromatic heterocycles. The second kappa shape index (κ2) is 14.0. The summed E-state index contributed by atoms with van der Waals surface area (Å²) in [6.07, 6.45) is 18.5. The highest BCUT2D eigenvalue weighted by Gasteiger charge is 2.29. The van der Waals surface area contributed by atoms with Crippen molar-refractivity contribution in [2.75, 3.05) is 19.5 Å². The standard InChI is InChI=1S/C29H46O2S/c1-8-13-15-22(10-3)19-30-27-24(12-5)29(32-7)28(25-18-17-21(6)26(25)27)31-20-23(11-4)16-14-9-2/h12,17-18,21-23H,5,8-11,13-16,19-20H2,1-4,6-7H3. The van der Waals surface area contributed by atoms with E-state index >= 15 is 0 Å². The van der Waals surface area contributed by atoms with Crippen molar-refractivity contribution >= 4 is 23.9 Å². The van der Waals surface area contributed by atoms with Gasteiger partial charge in [-0.1, -0.05) is 98.0 Å². The van der Waals surface area contributed by atoms with Crippen molar-refractivity contribution in [1.29, 1.82) is 0 Å². The third-order valence-electron chi connectivity index (χ3n) is 6.90. The summed E-state index contributed by atoms with van der Waals surface area (Å²) >= 11 is 1.75. The van der Waals surface area contributed by atoms with Crippen LogP contribution in [0, 0.1) is 11.8 Å². The lowest BCUT2D eigenvalue weighted by Gasteiger charge is -2.25. The average Bonchev–Trinajstić information content (AvgIpc) is 3.20. The Kier molecular flexibility index (Phi) is 11.8. The quantitative estimate of drug-likeness (QED) is 0.230. The summed E-state index contributed by atoms with van der Waals surface area (Å²) in [6, 6.07) is 0. The van der Waals surface area contributed by atoms with Gasteiger partial charge in [0.15, 0.2) is 0 Å². The third-order valence-corrected chi connectivity index (χ3v) is 7.72. The molecule has 3 heteroatoms. The van der Waals surface area contributed by atoms with Gasteiger partial charge in [0.2, 0.25) is 0 Å². The lowest BCUT2D eigenvalue weighted by atomic mass is 9.96. The van der Waals surface area contributed by atoms with Crippen molar-refractivity contribution in [2.24, 2.45) is 11.8 Å². The number of hydrogen-bond donors (Lipinski definition) is 0. The molecule has 0 bridgehead atoms. The van der Waals surface area contributed by atoms with E-state index in [1.807, 2.05) is 6.08 Å². The number of unbranched alkanes of at least 4 members (excludes halogenated alkanes) is 2. The van der Waals surface area contributed by atoms with Gasteiger partial charge in [-0.05, 0) is 30.9 Å². The number of hydrogen-bond acceptors (Lipinski definition) is 3. The Bertz CT molecular complexity index is 752. The highest BCUT2D eigenvalue weighted by Crippen LogP contribution is 2.50. The molecule has 0 aliphatic heterocycles. The Morgan fingerprint density at radius 3 is 2.00 bits per heavy atom. The number of thioether (sulfide) groups is 1. The van der Waals surface area contributed by atoms with Gasteiger partial charge in [0.1, 0.15) is 11.5 Å². The fraction of sp³-hybridized carbons (Fsp3) is 0.655. The summed E-state index contributed by atoms with van der Waals surface area (Å²) in [6.45, 7) is 17.1. The van der Waals surface area contributed by atoms with Gasteiger partial charge in [0.05, 0.1) is 18.1 Å². The van der Waals surface area contributed by atoms with Crippen molar-refractivity contribution < 1.29 is 9.47 Å². The number of rotatable bonds is 16. The summed E-state index contributed by atoms with van der Waals surface area (Å²) in [5.74, 6) is 3.59. The highest BCUT2D eigenvalue weighted by atomic mass is 32.2. The first-order chi connectivity index (χ1) is 15.6. The lowest BCUT2D eigenvalue weighted by molar-refractivity contribution is 0.222. The summed E-state index contributed by atoms with van der Waals surface area (Å²) in [5, 5.41) is 0. The van der Waals surface area contributed by atoms with Crippen LogP contribution in [-0.4, -0.2) is 19.5 Å². The predicted octanol–water partition coefficient (Wildman–Crippen LogP) is 9.37. The van der Waals surface area contributed by atoms with Crippen LogP contribution in [0.5, 0.6) is 11.5 Å². The highest BCUT2D eigenvalue weighted by molar-refractivity contribution is 7.98. The van der Waals surface area contributed by atoms with E-state index in [0.29, 0.717) is 17.8 Å². The predicted molar refractivity (Wildman–Crippen MR) is 143 cm³/mol. The van der Waals surface area contributed by atoms with Gasteiger partial charge in [0, 0.05) is 22.6 Å². The first kappa shape index (κ1) is 26.9. The van der Waals surface area contributed by atoms with Crippen molar-refractivity contribution in [3.05, 3.63) is 29.3 Å². The molecular weight excluding hydrogens is 412 g/mol. The molecule has 0 heterocycles. The van der Waals surface area contributed by atoms with Crippen LogP contribution in [0.2, 0.25) is 0 Å². The van der Waals surface area contributed by atoms with Crippen LogP contribution in [0.3, 0.4) is 0 Å². The maximum Gasteiger partial charge on any atom is 0.141 e. The molecule has 0 fully saturated rings. The van der Waals surface area contributed by atoms with E-state index in [2.05, 4.69) is 59.6 Å². The number of allylic oxidation sites excluding steroid dienone is 1. The van der Waals surface area contributed by atoms with E-state index in [0.717, 1.165) is 43.1 Å². The van der Waals surface area contributed by atoms with Crippen LogP contribution in [-0.2, 0) is 0 Å². The van der Waals surface area contributed by atoms with Gasteiger partial charge in [-0.3, -0.25) is 0 Å². The zero-order valence-corrected chi connectivity index (χ0v) is 22.3. The zero-order chi connectivity index (χ0) is 23.5. The molecule has 1 aromatic rings. The Hall–Kier alpha value is -1.35. The summed E-state index contributed by atoms with van der Waals surface area (Å²) in [4.78, 5) is 1.17. The minimum Gasteiger partial charge on any atom is -0.492 e. The monoisotopic (exact) mass is 458 g/mol. The van der Waals surface area contributed by atoms with E-state index < -0.39 is 0 Å². The molecule has 2 nitrogen and oxygen atoms in total. The average molecular weight is 459 g/mol. The fourth-order valence-electron chi connectivity index (χ4n) is 4.58. The lowest BCUT2D eigenvalue weighted by Crippen LogP contribution is -2.15. The Balaban J connectivity index is 2.39. The summed E-state index contributed by atoms with van der Waals surface area (Å²) in [5.41, 5.74) is 3.60. The second-order valence-corrected chi connectivity index (χ2v) is 10.1. The number of fused-ring (bicyclic) bond motifs is 1. The van der Waals surface area contributed by atoms with Crippen molar-refractivity contribution in [3.63, 3.8) is 0 Å². The molecule has 0 amide bonds. The van der Waals surface area contributed by atoms with Gasteiger partial charge in [0.25, 0.3) is 0 Å². The van der Waals surface area contributed by atoms with E-state index in [1.165, 1.54) is 54.5 Å². The molecule has 3 atom stereocenters. The van der Waals surface area contributed by atoms with Gasteiger partial charge in [-0.2, -0.15) is 0 Å². The Morgan fingerprint density at radius 2 is 1.53 bits per heavy atom. The third kappa shape index (κ3) is 6.59. The molecule has 180 valence electrons. The SMILES string of the molecule is C=Cc1c(OCC(CC)CCCC)c2c(c(OCC(CC)CCCC)c1SC)C=CC2C. The van der Waals surface area contributed by atoms with Crippen LogP contribution in [0.15, 0.2) is 17.6 Å². The van der Waals surface area contributed by atoms with Crippen LogP contribution in [0.25, 0.3) is 12.2 Å². The molecule has 1 aliphatic carbocycles. The molecule has 1 aromatic carbocycles. The molecule has 0 saturated heterocycles. The maximum absolute atomic E-state index is 6.61. The minimum absolute atomic E-state index is 0.328. The largest absolute Gasteiger partial charge is 0.492 e. The molecular formula is C29H46O2S. The molecule has 2 rings (SSSR count). The van der Waals surface area contributed by atoms with Gasteiger partial charge in [-0.25, -0.2) is 0 Å². The smallest absolute Gasteiger partial charge is 0.141 e. The van der Waals surface area contributed by atoms with Crippen LogP contribution in [0.1, 0.15) is 109 Å². The fourth-order valence-corrected chi connectivity index (χ4v) is 5.33. The summed E-state index contributed by atoms with van der Waals surface area (Å²) in [7, 11) is 0. The van der Waals surface area contributed by atoms with E-state index in [1.54, 1.807) is 11.8 Å². The van der Waals surface area contributed by atoms with Crippen LogP contribution in [0.4, 0.5) is 0 Å². The van der Waals surface area contributed by atoms with Crippen LogP contribution < -0.4 is 9.47 Å². The van der Waals surface area contributed by atoms with E-state index in [4.69, 9.17) is 9.47 Å². The van der Waals surface area contributed by atoms with Gasteiger partial charge < -0.3 is 9.47 Å². The van der Waals surface area contributed by atoms with E-state index in [-0.39, 0.29) is 0 Å². The first-order valence-corrected chi connectivity index (χ1v) is 14.1. The molecule has 0 radical (unpaired) electrons. The summed E-state index contributed by atoms with van der Waals surface area (Å²) < 4.78 is 13.2. The normalized spacial score (nSPS) is 16.6. The zero-order valence-electron chi connectivity index (χ0n) is 21.5. The Labute approximate surface area is 202 Å². The Morgan fingerprint density at radius 1 is 0.969 bits per heavy atom. The second-order valence-electron chi connectivity index (χ2n) is 9.24. The first-order valence-electron chi connectivity index (χ1n) is 12.9. The van der Waals surface area contributed by atoms with Crippen molar-refractivity contribution in [3.8, 4) is 11.5 Å². The molecule has 32 heavy (non-hydrogen) atoms. The molecule has 0 spiro atoms. The van der Waals surface area contributed by atoms with E-state index in [9.17, 15) is 0 Å². The van der Waals surface area contributed by atoms with Gasteiger partial charge in [-0.15, -0.1) is 11.8 Å². The molecule has 0 N–H and O–H groups in total. The van der Waals surface area contributed by atoms with Crippen molar-refractivity contribution in [2.45, 2.75) is 96.8 Å². The molecule has 3 unspecified atom stereocenters. The van der Waals surface area contributed by atoms with Crippen LogP contribution >= 0.6 is 11.8 Å². The van der Waals surface area contributed by atoms with Gasteiger partial charge >= 0.3 is 0 Å². The maximum atomic E-state index is 6.61. The topological polar surface area (TPSA) is 18.5 Å².